The monoisotopic (exact) mass is 408 g/mol. The Balaban J connectivity index is 1.76. The molecule has 0 bridgehead atoms. The van der Waals surface area contributed by atoms with Crippen LogP contribution < -0.4 is 4.74 Å². The van der Waals surface area contributed by atoms with Crippen LogP contribution in [0.2, 0.25) is 0 Å². The molecule has 1 aromatic heterocycles. The summed E-state index contributed by atoms with van der Waals surface area (Å²) in [5, 5.41) is 10.4. The number of ether oxygens (including phenoxy) is 1. The molecule has 3 rings (SSSR count). The molecule has 0 aliphatic heterocycles. The Morgan fingerprint density at radius 2 is 1.80 bits per heavy atom. The van der Waals surface area contributed by atoms with Crippen LogP contribution in [0.3, 0.4) is 0 Å². The Hall–Kier alpha value is -3.28. The van der Waals surface area contributed by atoms with E-state index in [1.54, 1.807) is 13.2 Å². The Morgan fingerprint density at radius 1 is 1.07 bits per heavy atom. The van der Waals surface area contributed by atoms with Crippen LogP contribution in [-0.2, 0) is 29.1 Å². The Kier molecular flexibility index (Phi) is 7.12. The van der Waals surface area contributed by atoms with Crippen LogP contribution in [0.5, 0.6) is 5.75 Å². The second-order valence-electron chi connectivity index (χ2n) is 7.32. The minimum atomic E-state index is -1.03. The molecule has 2 aromatic carbocycles. The fraction of sp³-hybridized carbons (Fsp3) is 0.333. The summed E-state index contributed by atoms with van der Waals surface area (Å²) in [4.78, 5) is 25.7. The first kappa shape index (κ1) is 21.4. The Bertz CT molecular complexity index is 1020. The summed E-state index contributed by atoms with van der Waals surface area (Å²) in [7, 11) is 1.56. The Morgan fingerprint density at radius 3 is 2.53 bits per heavy atom. The van der Waals surface area contributed by atoms with Crippen molar-refractivity contribution in [2.75, 3.05) is 13.7 Å². The number of carbonyl (C=O) groups excluding carboxylic acids is 1. The molecule has 1 heterocycles. The van der Waals surface area contributed by atoms with Gasteiger partial charge in [-0.15, -0.1) is 0 Å². The highest BCUT2D eigenvalue weighted by Gasteiger charge is 2.19. The van der Waals surface area contributed by atoms with Gasteiger partial charge in [-0.2, -0.15) is 0 Å². The third kappa shape index (κ3) is 5.00. The predicted octanol–water partition coefficient (Wildman–Crippen LogP) is 4.11. The quantitative estimate of drug-likeness (QED) is 0.548. The third-order valence-corrected chi connectivity index (χ3v) is 5.18. The maximum Gasteiger partial charge on any atom is 0.323 e. The minimum Gasteiger partial charge on any atom is -0.496 e. The van der Waals surface area contributed by atoms with Gasteiger partial charge >= 0.3 is 5.97 Å². The van der Waals surface area contributed by atoms with Crippen molar-refractivity contribution in [1.29, 1.82) is 0 Å². The molecule has 3 aromatic rings. The summed E-state index contributed by atoms with van der Waals surface area (Å²) in [5.74, 6) is -0.572. The zero-order valence-corrected chi connectivity index (χ0v) is 17.5. The van der Waals surface area contributed by atoms with E-state index in [0.717, 1.165) is 29.5 Å². The van der Waals surface area contributed by atoms with E-state index >= 15 is 0 Å². The van der Waals surface area contributed by atoms with Crippen LogP contribution in [0.25, 0.3) is 10.9 Å². The minimum absolute atomic E-state index is 0.185. The number of carboxylic acids is 1. The van der Waals surface area contributed by atoms with Gasteiger partial charge in [-0.1, -0.05) is 43.3 Å². The number of hydrogen-bond donors (Lipinski definition) is 1. The lowest BCUT2D eigenvalue weighted by Gasteiger charge is -2.22. The normalized spacial score (nSPS) is 10.9. The van der Waals surface area contributed by atoms with Crippen molar-refractivity contribution in [1.82, 2.24) is 9.47 Å². The van der Waals surface area contributed by atoms with Crippen molar-refractivity contribution in [3.8, 4) is 5.75 Å². The molecule has 1 amide bonds. The summed E-state index contributed by atoms with van der Waals surface area (Å²) >= 11 is 0. The molecule has 0 unspecified atom stereocenters. The highest BCUT2D eigenvalue weighted by atomic mass is 16.5. The molecule has 0 saturated carbocycles. The van der Waals surface area contributed by atoms with E-state index in [1.807, 2.05) is 30.3 Å². The number of rotatable bonds is 10. The molecule has 1 N–H and O–H groups in total. The number of aliphatic carboxylic acids is 1. The molecule has 0 fully saturated rings. The first-order valence-corrected chi connectivity index (χ1v) is 10.2. The molecule has 0 radical (unpaired) electrons. The van der Waals surface area contributed by atoms with E-state index in [-0.39, 0.29) is 25.4 Å². The van der Waals surface area contributed by atoms with E-state index in [0.29, 0.717) is 12.2 Å². The maximum atomic E-state index is 12.9. The number of fused-ring (bicyclic) bond motifs is 1. The summed E-state index contributed by atoms with van der Waals surface area (Å²) in [6, 6.07) is 15.5. The lowest BCUT2D eigenvalue weighted by Crippen LogP contribution is -2.35. The molecular formula is C24H28N2O4. The number of methoxy groups -OCH3 is 1. The van der Waals surface area contributed by atoms with Crippen LogP contribution in [0.4, 0.5) is 0 Å². The van der Waals surface area contributed by atoms with E-state index in [9.17, 15) is 14.7 Å². The van der Waals surface area contributed by atoms with Crippen molar-refractivity contribution in [3.63, 3.8) is 0 Å². The van der Waals surface area contributed by atoms with E-state index in [2.05, 4.69) is 29.8 Å². The molecule has 0 aliphatic carbocycles. The van der Waals surface area contributed by atoms with Gasteiger partial charge in [-0.3, -0.25) is 9.59 Å². The van der Waals surface area contributed by atoms with Gasteiger partial charge in [0.05, 0.1) is 7.11 Å². The lowest BCUT2D eigenvalue weighted by molar-refractivity contribution is -0.144. The molecule has 30 heavy (non-hydrogen) atoms. The molecule has 6 heteroatoms. The number of aryl methyl sites for hydroxylation is 2. The van der Waals surface area contributed by atoms with E-state index in [1.165, 1.54) is 10.4 Å². The topological polar surface area (TPSA) is 71.8 Å². The van der Waals surface area contributed by atoms with Crippen LogP contribution in [0.15, 0.2) is 54.7 Å². The molecule has 0 atom stereocenters. The SMILES string of the molecule is CCCn1cc(CCC(=O)N(CC(=O)O)Cc2ccccc2OC)c2ccccc21. The van der Waals surface area contributed by atoms with Crippen molar-refractivity contribution >= 4 is 22.8 Å². The number of carboxylic acid groups (broad SMARTS) is 1. The molecule has 0 aliphatic rings. The molecule has 0 saturated heterocycles. The predicted molar refractivity (Wildman–Crippen MR) is 117 cm³/mol. The number of carbonyl (C=O) groups is 2. The van der Waals surface area contributed by atoms with E-state index < -0.39 is 5.97 Å². The van der Waals surface area contributed by atoms with Crippen LogP contribution in [-0.4, -0.2) is 40.1 Å². The molecule has 158 valence electrons. The highest BCUT2D eigenvalue weighted by molar-refractivity contribution is 5.85. The van der Waals surface area contributed by atoms with Gasteiger partial charge in [-0.25, -0.2) is 0 Å². The van der Waals surface area contributed by atoms with Gasteiger partial charge in [0, 0.05) is 42.2 Å². The average Bonchev–Trinajstić information content (AvgIpc) is 3.09. The number of aromatic nitrogens is 1. The van der Waals surface area contributed by atoms with Crippen LogP contribution in [0, 0.1) is 0 Å². The van der Waals surface area contributed by atoms with Gasteiger partial charge in [-0.05, 0) is 30.5 Å². The molecule has 6 nitrogen and oxygen atoms in total. The van der Waals surface area contributed by atoms with Gasteiger partial charge < -0.3 is 19.3 Å². The number of nitrogens with zero attached hydrogens (tertiary/aromatic N) is 2. The van der Waals surface area contributed by atoms with Crippen molar-refractivity contribution < 1.29 is 19.4 Å². The molecular weight excluding hydrogens is 380 g/mol. The van der Waals surface area contributed by atoms with Crippen molar-refractivity contribution in [2.24, 2.45) is 0 Å². The summed E-state index contributed by atoms with van der Waals surface area (Å²) < 4.78 is 7.57. The first-order valence-electron chi connectivity index (χ1n) is 10.2. The van der Waals surface area contributed by atoms with Crippen LogP contribution >= 0.6 is 0 Å². The van der Waals surface area contributed by atoms with Crippen molar-refractivity contribution in [2.45, 2.75) is 39.3 Å². The third-order valence-electron chi connectivity index (χ3n) is 5.18. The summed E-state index contributed by atoms with van der Waals surface area (Å²) in [5.41, 5.74) is 3.06. The van der Waals surface area contributed by atoms with Gasteiger partial charge in [0.1, 0.15) is 12.3 Å². The maximum absolute atomic E-state index is 12.9. The zero-order chi connectivity index (χ0) is 21.5. The van der Waals surface area contributed by atoms with Crippen molar-refractivity contribution in [3.05, 3.63) is 65.9 Å². The second kappa shape index (κ2) is 9.96. The average molecular weight is 408 g/mol. The number of hydrogen-bond acceptors (Lipinski definition) is 3. The molecule has 0 spiro atoms. The second-order valence-corrected chi connectivity index (χ2v) is 7.32. The number of para-hydroxylation sites is 2. The fourth-order valence-corrected chi connectivity index (χ4v) is 3.78. The summed E-state index contributed by atoms with van der Waals surface area (Å²) in [6.07, 6.45) is 3.96. The zero-order valence-electron chi connectivity index (χ0n) is 17.5. The lowest BCUT2D eigenvalue weighted by atomic mass is 10.1. The van der Waals surface area contributed by atoms with Gasteiger partial charge in [0.15, 0.2) is 0 Å². The number of amides is 1. The van der Waals surface area contributed by atoms with Gasteiger partial charge in [0.2, 0.25) is 5.91 Å². The smallest absolute Gasteiger partial charge is 0.323 e. The first-order chi connectivity index (χ1) is 14.5. The standard InChI is InChI=1S/C24H28N2O4/c1-3-14-25-15-18(20-9-5-6-10-21(20)25)12-13-23(27)26(17-24(28)29)16-19-8-4-7-11-22(19)30-2/h4-11,15H,3,12-14,16-17H2,1-2H3,(H,28,29). The largest absolute Gasteiger partial charge is 0.496 e. The van der Waals surface area contributed by atoms with E-state index in [4.69, 9.17) is 4.74 Å². The van der Waals surface area contributed by atoms with Crippen LogP contribution in [0.1, 0.15) is 30.9 Å². The number of benzene rings is 2. The highest BCUT2D eigenvalue weighted by Crippen LogP contribution is 2.24. The fourth-order valence-electron chi connectivity index (χ4n) is 3.78. The van der Waals surface area contributed by atoms with Gasteiger partial charge in [0.25, 0.3) is 0 Å². The Labute approximate surface area is 176 Å². The summed E-state index contributed by atoms with van der Waals surface area (Å²) in [6.45, 7) is 2.92.